The molecule has 0 aliphatic carbocycles. The molecule has 2 aliphatic heterocycles. The lowest BCUT2D eigenvalue weighted by Crippen LogP contribution is -2.44. The highest BCUT2D eigenvalue weighted by molar-refractivity contribution is 7.89. The molecular formula is C20H28N2O6S. The van der Waals surface area contributed by atoms with E-state index in [2.05, 4.69) is 13.8 Å². The zero-order valence-corrected chi connectivity index (χ0v) is 17.7. The molecule has 2 saturated heterocycles. The summed E-state index contributed by atoms with van der Waals surface area (Å²) in [5.74, 6) is -0.106. The number of benzene rings is 1. The first-order valence-corrected chi connectivity index (χ1v) is 11.3. The molecule has 1 aromatic rings. The van der Waals surface area contributed by atoms with Crippen molar-refractivity contribution in [2.24, 2.45) is 11.8 Å². The van der Waals surface area contributed by atoms with Gasteiger partial charge in [0.15, 0.2) is 6.61 Å². The van der Waals surface area contributed by atoms with Gasteiger partial charge in [0.2, 0.25) is 10.0 Å². The Kier molecular flexibility index (Phi) is 6.92. The fourth-order valence-electron chi connectivity index (χ4n) is 3.89. The number of ether oxygens (including phenoxy) is 2. The maximum atomic E-state index is 12.8. The Morgan fingerprint density at radius 3 is 2.45 bits per heavy atom. The first-order chi connectivity index (χ1) is 13.8. The molecule has 9 heteroatoms. The van der Waals surface area contributed by atoms with Gasteiger partial charge in [0, 0.05) is 26.2 Å². The Bertz CT molecular complexity index is 840. The van der Waals surface area contributed by atoms with Crippen LogP contribution >= 0.6 is 0 Å². The van der Waals surface area contributed by atoms with Crippen molar-refractivity contribution in [3.63, 3.8) is 0 Å². The van der Waals surface area contributed by atoms with Gasteiger partial charge in [0.25, 0.3) is 5.91 Å². The Hall–Kier alpha value is -1.97. The van der Waals surface area contributed by atoms with Crippen LogP contribution in [0.1, 0.15) is 30.6 Å². The maximum absolute atomic E-state index is 12.8. The van der Waals surface area contributed by atoms with Gasteiger partial charge >= 0.3 is 5.97 Å². The van der Waals surface area contributed by atoms with Gasteiger partial charge in [0.1, 0.15) is 0 Å². The van der Waals surface area contributed by atoms with E-state index in [1.165, 1.54) is 28.6 Å². The highest BCUT2D eigenvalue weighted by Crippen LogP contribution is 2.21. The molecule has 2 heterocycles. The standard InChI is InChI=1S/C20H28N2O6S/c1-15-10-16(2)13-21(12-15)19(23)14-28-20(24)17-4-3-5-18(11-17)29(25,26)22-6-8-27-9-7-22/h3-5,11,15-16H,6-10,12-14H2,1-2H3/t15-,16-/m0/s1. The second-order valence-electron chi connectivity index (χ2n) is 7.87. The highest BCUT2D eigenvalue weighted by atomic mass is 32.2. The van der Waals surface area contributed by atoms with Crippen molar-refractivity contribution < 1.29 is 27.5 Å². The fraction of sp³-hybridized carbons (Fsp3) is 0.600. The molecule has 0 saturated carbocycles. The van der Waals surface area contributed by atoms with Gasteiger partial charge in [-0.3, -0.25) is 4.79 Å². The zero-order chi connectivity index (χ0) is 21.0. The Labute approximate surface area is 171 Å². The van der Waals surface area contributed by atoms with Gasteiger partial charge in [0.05, 0.1) is 23.7 Å². The van der Waals surface area contributed by atoms with Crippen LogP contribution in [0.4, 0.5) is 0 Å². The van der Waals surface area contributed by atoms with Crippen LogP contribution in [0.5, 0.6) is 0 Å². The number of hydrogen-bond acceptors (Lipinski definition) is 6. The van der Waals surface area contributed by atoms with Gasteiger partial charge in [-0.15, -0.1) is 0 Å². The Morgan fingerprint density at radius 1 is 1.14 bits per heavy atom. The van der Waals surface area contributed by atoms with E-state index in [-0.39, 0.29) is 36.1 Å². The molecule has 0 unspecified atom stereocenters. The number of nitrogens with zero attached hydrogens (tertiary/aromatic N) is 2. The summed E-state index contributed by atoms with van der Waals surface area (Å²) in [5.41, 5.74) is 0.104. The number of esters is 1. The van der Waals surface area contributed by atoms with E-state index in [0.29, 0.717) is 38.1 Å². The summed E-state index contributed by atoms with van der Waals surface area (Å²) >= 11 is 0. The average Bonchev–Trinajstić information content (AvgIpc) is 2.71. The predicted octanol–water partition coefficient (Wildman–Crippen LogP) is 1.37. The first kappa shape index (κ1) is 21.7. The number of carbonyl (C=O) groups is 2. The van der Waals surface area contributed by atoms with Crippen LogP contribution in [0, 0.1) is 11.8 Å². The summed E-state index contributed by atoms with van der Waals surface area (Å²) in [7, 11) is -3.71. The molecule has 8 nitrogen and oxygen atoms in total. The second-order valence-corrected chi connectivity index (χ2v) is 9.80. The molecule has 0 radical (unpaired) electrons. The van der Waals surface area contributed by atoms with Crippen molar-refractivity contribution in [1.29, 1.82) is 0 Å². The lowest BCUT2D eigenvalue weighted by Gasteiger charge is -2.34. The zero-order valence-electron chi connectivity index (χ0n) is 16.9. The van der Waals surface area contributed by atoms with E-state index >= 15 is 0 Å². The molecule has 1 aromatic carbocycles. The largest absolute Gasteiger partial charge is 0.452 e. The third kappa shape index (κ3) is 5.34. The summed E-state index contributed by atoms with van der Waals surface area (Å²) in [6.45, 7) is 6.41. The molecule has 1 amide bonds. The molecule has 160 valence electrons. The van der Waals surface area contributed by atoms with Crippen LogP contribution in [0.15, 0.2) is 29.2 Å². The van der Waals surface area contributed by atoms with Crippen LogP contribution in [-0.4, -0.2) is 75.5 Å². The molecule has 2 atom stereocenters. The SMILES string of the molecule is C[C@H]1C[C@H](C)CN(C(=O)COC(=O)c2cccc(S(=O)(=O)N3CCOCC3)c2)C1. The van der Waals surface area contributed by atoms with Crippen molar-refractivity contribution >= 4 is 21.9 Å². The van der Waals surface area contributed by atoms with Crippen LogP contribution in [-0.2, 0) is 24.3 Å². The molecule has 0 spiro atoms. The van der Waals surface area contributed by atoms with Crippen molar-refractivity contribution in [2.45, 2.75) is 25.2 Å². The summed E-state index contributed by atoms with van der Waals surface area (Å²) in [4.78, 5) is 26.5. The quantitative estimate of drug-likeness (QED) is 0.663. The van der Waals surface area contributed by atoms with Crippen LogP contribution in [0.25, 0.3) is 0 Å². The molecule has 3 rings (SSSR count). The lowest BCUT2D eigenvalue weighted by atomic mass is 9.92. The van der Waals surface area contributed by atoms with Crippen molar-refractivity contribution in [1.82, 2.24) is 9.21 Å². The van der Waals surface area contributed by atoms with Crippen molar-refractivity contribution in [3.05, 3.63) is 29.8 Å². The smallest absolute Gasteiger partial charge is 0.338 e. The van der Waals surface area contributed by atoms with E-state index < -0.39 is 16.0 Å². The second kappa shape index (κ2) is 9.23. The molecule has 0 N–H and O–H groups in total. The van der Waals surface area contributed by atoms with Crippen molar-refractivity contribution in [2.75, 3.05) is 46.0 Å². The number of sulfonamides is 1. The Balaban J connectivity index is 1.63. The third-order valence-corrected chi connectivity index (χ3v) is 7.12. The van der Waals surface area contributed by atoms with Crippen LogP contribution in [0.2, 0.25) is 0 Å². The van der Waals surface area contributed by atoms with E-state index in [1.54, 1.807) is 4.90 Å². The number of piperidine rings is 1. The number of carbonyl (C=O) groups excluding carboxylic acids is 2. The summed E-state index contributed by atoms with van der Waals surface area (Å²) in [6, 6.07) is 5.72. The monoisotopic (exact) mass is 424 g/mol. The molecule has 0 aromatic heterocycles. The van der Waals surface area contributed by atoms with E-state index in [4.69, 9.17) is 9.47 Å². The van der Waals surface area contributed by atoms with E-state index in [1.807, 2.05) is 0 Å². The number of likely N-dealkylation sites (tertiary alicyclic amines) is 1. The van der Waals surface area contributed by atoms with Gasteiger partial charge in [-0.25, -0.2) is 13.2 Å². The average molecular weight is 425 g/mol. The first-order valence-electron chi connectivity index (χ1n) is 9.90. The summed E-state index contributed by atoms with van der Waals surface area (Å²) in [5, 5.41) is 0. The van der Waals surface area contributed by atoms with Crippen LogP contribution in [0.3, 0.4) is 0 Å². The van der Waals surface area contributed by atoms with Crippen molar-refractivity contribution in [3.8, 4) is 0 Å². The predicted molar refractivity (Wildman–Crippen MR) is 106 cm³/mol. The molecule has 2 aliphatic rings. The number of amides is 1. The minimum Gasteiger partial charge on any atom is -0.452 e. The number of rotatable bonds is 5. The third-order valence-electron chi connectivity index (χ3n) is 5.23. The van der Waals surface area contributed by atoms with E-state index in [9.17, 15) is 18.0 Å². The normalized spacial score (nSPS) is 23.6. The topological polar surface area (TPSA) is 93.2 Å². The van der Waals surface area contributed by atoms with Gasteiger partial charge in [-0.05, 0) is 36.5 Å². The minimum atomic E-state index is -3.71. The lowest BCUT2D eigenvalue weighted by molar-refractivity contribution is -0.137. The molecule has 2 fully saturated rings. The van der Waals surface area contributed by atoms with Gasteiger partial charge in [-0.2, -0.15) is 4.31 Å². The van der Waals surface area contributed by atoms with Gasteiger partial charge in [-0.1, -0.05) is 19.9 Å². The highest BCUT2D eigenvalue weighted by Gasteiger charge is 2.28. The molecule has 29 heavy (non-hydrogen) atoms. The van der Waals surface area contributed by atoms with Crippen LogP contribution < -0.4 is 0 Å². The molecule has 0 bridgehead atoms. The fourth-order valence-corrected chi connectivity index (χ4v) is 5.34. The Morgan fingerprint density at radius 2 is 1.79 bits per heavy atom. The van der Waals surface area contributed by atoms with E-state index in [0.717, 1.165) is 6.42 Å². The maximum Gasteiger partial charge on any atom is 0.338 e. The number of morpholine rings is 1. The number of hydrogen-bond donors (Lipinski definition) is 0. The summed E-state index contributed by atoms with van der Waals surface area (Å²) in [6.07, 6.45) is 1.08. The minimum absolute atomic E-state index is 0.0267. The molecular weight excluding hydrogens is 396 g/mol. The van der Waals surface area contributed by atoms with Gasteiger partial charge < -0.3 is 14.4 Å². The summed E-state index contributed by atoms with van der Waals surface area (Å²) < 4.78 is 37.2.